The summed E-state index contributed by atoms with van der Waals surface area (Å²) in [7, 11) is 0. The first-order valence-electron chi connectivity index (χ1n) is 7.48. The predicted octanol–water partition coefficient (Wildman–Crippen LogP) is 4.35. The lowest BCUT2D eigenvalue weighted by Gasteiger charge is -2.24. The first-order valence-corrected chi connectivity index (χ1v) is 8.28. The van der Waals surface area contributed by atoms with E-state index in [0.717, 1.165) is 15.2 Å². The maximum Gasteiger partial charge on any atom is 0.356 e. The Hall–Kier alpha value is -2.53. The van der Waals surface area contributed by atoms with Crippen LogP contribution in [-0.4, -0.2) is 18.7 Å². The van der Waals surface area contributed by atoms with Crippen molar-refractivity contribution in [1.82, 2.24) is 0 Å². The summed E-state index contributed by atoms with van der Waals surface area (Å²) in [5, 5.41) is 2.06. The molecule has 0 aliphatic carbocycles. The van der Waals surface area contributed by atoms with E-state index in [1.54, 1.807) is 18.2 Å². The summed E-state index contributed by atoms with van der Waals surface area (Å²) < 4.78 is 17.7. The predicted molar refractivity (Wildman–Crippen MR) is 93.6 cm³/mol. The highest BCUT2D eigenvalue weighted by molar-refractivity contribution is 9.10. The second-order valence-electron chi connectivity index (χ2n) is 5.44. The molecule has 24 heavy (non-hydrogen) atoms. The Bertz CT molecular complexity index is 922. The van der Waals surface area contributed by atoms with Gasteiger partial charge in [-0.15, -0.1) is 0 Å². The van der Waals surface area contributed by atoms with Crippen molar-refractivity contribution in [1.29, 1.82) is 0 Å². The highest BCUT2D eigenvalue weighted by Crippen LogP contribution is 2.31. The Morgan fingerprint density at radius 3 is 2.62 bits per heavy atom. The highest BCUT2D eigenvalue weighted by atomic mass is 79.9. The van der Waals surface area contributed by atoms with Crippen LogP contribution in [0.3, 0.4) is 0 Å². The number of benzene rings is 3. The van der Waals surface area contributed by atoms with Crippen LogP contribution in [0.15, 0.2) is 65.1 Å². The molecule has 3 aromatic carbocycles. The molecular weight excluding hydrogens is 372 g/mol. The number of esters is 1. The van der Waals surface area contributed by atoms with Crippen molar-refractivity contribution in [2.24, 2.45) is 0 Å². The smallest absolute Gasteiger partial charge is 0.356 e. The van der Waals surface area contributed by atoms with Crippen LogP contribution in [0.5, 0.6) is 17.2 Å². The Morgan fingerprint density at radius 1 is 1.00 bits per heavy atom. The number of rotatable bonds is 2. The fourth-order valence-corrected chi connectivity index (χ4v) is 2.95. The van der Waals surface area contributed by atoms with Gasteiger partial charge in [-0.3, -0.25) is 0 Å². The van der Waals surface area contributed by atoms with Gasteiger partial charge in [0.15, 0.2) is 11.5 Å². The minimum Gasteiger partial charge on any atom is -0.485 e. The maximum absolute atomic E-state index is 12.3. The van der Waals surface area contributed by atoms with E-state index in [4.69, 9.17) is 14.2 Å². The van der Waals surface area contributed by atoms with E-state index in [2.05, 4.69) is 15.9 Å². The lowest BCUT2D eigenvalue weighted by Crippen LogP contribution is -2.39. The monoisotopic (exact) mass is 384 g/mol. The molecule has 0 radical (unpaired) electrons. The van der Waals surface area contributed by atoms with E-state index in [9.17, 15) is 4.79 Å². The Morgan fingerprint density at radius 2 is 1.75 bits per heavy atom. The van der Waals surface area contributed by atoms with E-state index in [-0.39, 0.29) is 6.61 Å². The molecule has 1 atom stereocenters. The van der Waals surface area contributed by atoms with E-state index < -0.39 is 12.1 Å². The van der Waals surface area contributed by atoms with Gasteiger partial charge < -0.3 is 14.2 Å². The van der Waals surface area contributed by atoms with Gasteiger partial charge in [0.05, 0.1) is 0 Å². The first-order chi connectivity index (χ1) is 11.7. The second kappa shape index (κ2) is 6.17. The zero-order valence-electron chi connectivity index (χ0n) is 12.6. The van der Waals surface area contributed by atoms with Gasteiger partial charge in [0.25, 0.3) is 0 Å². The van der Waals surface area contributed by atoms with Crippen molar-refractivity contribution in [3.63, 3.8) is 0 Å². The lowest BCUT2D eigenvalue weighted by molar-refractivity contribution is -0.144. The molecule has 1 heterocycles. The molecule has 1 aliphatic heterocycles. The third kappa shape index (κ3) is 2.95. The minimum atomic E-state index is -0.777. The molecular formula is C19H13BrO4. The SMILES string of the molecule is O=C(Oc1ccc2cc(Br)ccc2c1)[C@H]1COc2ccccc2O1. The van der Waals surface area contributed by atoms with Crippen molar-refractivity contribution in [3.8, 4) is 17.2 Å². The fraction of sp³-hybridized carbons (Fsp3) is 0.105. The highest BCUT2D eigenvalue weighted by Gasteiger charge is 2.29. The van der Waals surface area contributed by atoms with Crippen molar-refractivity contribution >= 4 is 32.7 Å². The normalized spacial score (nSPS) is 16.0. The molecule has 0 saturated carbocycles. The first kappa shape index (κ1) is 15.0. The van der Waals surface area contributed by atoms with Crippen LogP contribution in [0.4, 0.5) is 0 Å². The van der Waals surface area contributed by atoms with E-state index in [1.165, 1.54) is 0 Å². The number of carbonyl (C=O) groups excluding carboxylic acids is 1. The van der Waals surface area contributed by atoms with Gasteiger partial charge in [-0.2, -0.15) is 0 Å². The molecule has 0 saturated heterocycles. The van der Waals surface area contributed by atoms with Crippen LogP contribution >= 0.6 is 15.9 Å². The van der Waals surface area contributed by atoms with Gasteiger partial charge in [0.2, 0.25) is 6.10 Å². The number of fused-ring (bicyclic) bond motifs is 2. The fourth-order valence-electron chi connectivity index (χ4n) is 2.58. The van der Waals surface area contributed by atoms with Crippen LogP contribution in [0.1, 0.15) is 0 Å². The number of halogens is 1. The zero-order chi connectivity index (χ0) is 16.5. The van der Waals surface area contributed by atoms with Crippen LogP contribution < -0.4 is 14.2 Å². The van der Waals surface area contributed by atoms with Crippen LogP contribution in [0, 0.1) is 0 Å². The standard InChI is InChI=1S/C19H13BrO4/c20-14-7-5-13-10-15(8-6-12(13)9-14)23-19(21)18-11-22-16-3-1-2-4-17(16)24-18/h1-10,18H,11H2/t18-/m1/s1. The lowest BCUT2D eigenvalue weighted by atomic mass is 10.1. The number of carbonyl (C=O) groups is 1. The summed E-state index contributed by atoms with van der Waals surface area (Å²) in [5.74, 6) is 1.20. The largest absolute Gasteiger partial charge is 0.485 e. The van der Waals surface area contributed by atoms with Gasteiger partial charge in [0, 0.05) is 4.47 Å². The average molecular weight is 385 g/mol. The Balaban J connectivity index is 1.51. The van der Waals surface area contributed by atoms with Crippen molar-refractivity contribution < 1.29 is 19.0 Å². The summed E-state index contributed by atoms with van der Waals surface area (Å²) in [6.45, 7) is 0.135. The summed E-state index contributed by atoms with van der Waals surface area (Å²) in [6.07, 6.45) is -0.777. The summed E-state index contributed by atoms with van der Waals surface area (Å²) in [5.41, 5.74) is 0. The number of para-hydroxylation sites is 2. The van der Waals surface area contributed by atoms with Crippen molar-refractivity contribution in [2.75, 3.05) is 6.61 Å². The van der Waals surface area contributed by atoms with Crippen molar-refractivity contribution in [2.45, 2.75) is 6.10 Å². The van der Waals surface area contributed by atoms with E-state index >= 15 is 0 Å². The molecule has 0 spiro atoms. The molecule has 4 nitrogen and oxygen atoms in total. The van der Waals surface area contributed by atoms with E-state index in [0.29, 0.717) is 17.2 Å². The van der Waals surface area contributed by atoms with E-state index in [1.807, 2.05) is 42.5 Å². The van der Waals surface area contributed by atoms with Crippen LogP contribution in [0.25, 0.3) is 10.8 Å². The summed E-state index contributed by atoms with van der Waals surface area (Å²) in [6, 6.07) is 18.7. The molecule has 0 unspecified atom stereocenters. The van der Waals surface area contributed by atoms with Gasteiger partial charge in [-0.25, -0.2) is 4.79 Å². The van der Waals surface area contributed by atoms with Gasteiger partial charge in [-0.1, -0.05) is 40.2 Å². The molecule has 4 rings (SSSR count). The zero-order valence-corrected chi connectivity index (χ0v) is 14.2. The minimum absolute atomic E-state index is 0.135. The third-order valence-electron chi connectivity index (χ3n) is 3.76. The molecule has 0 bridgehead atoms. The molecule has 3 aromatic rings. The molecule has 5 heteroatoms. The topological polar surface area (TPSA) is 44.8 Å². The summed E-state index contributed by atoms with van der Waals surface area (Å²) in [4.78, 5) is 12.3. The Kier molecular flexibility index (Phi) is 3.86. The Labute approximate surface area is 147 Å². The average Bonchev–Trinajstić information content (AvgIpc) is 2.61. The summed E-state index contributed by atoms with van der Waals surface area (Å²) >= 11 is 3.44. The van der Waals surface area contributed by atoms with Gasteiger partial charge in [0.1, 0.15) is 12.4 Å². The second-order valence-corrected chi connectivity index (χ2v) is 6.35. The molecule has 0 aromatic heterocycles. The van der Waals surface area contributed by atoms with Crippen LogP contribution in [0.2, 0.25) is 0 Å². The number of hydrogen-bond acceptors (Lipinski definition) is 4. The number of ether oxygens (including phenoxy) is 3. The van der Waals surface area contributed by atoms with Crippen LogP contribution in [-0.2, 0) is 4.79 Å². The quantitative estimate of drug-likeness (QED) is 0.486. The maximum atomic E-state index is 12.3. The molecule has 120 valence electrons. The van der Waals surface area contributed by atoms with Crippen molar-refractivity contribution in [3.05, 3.63) is 65.1 Å². The third-order valence-corrected chi connectivity index (χ3v) is 4.26. The number of hydrogen-bond donors (Lipinski definition) is 0. The molecule has 1 aliphatic rings. The molecule has 0 amide bonds. The van der Waals surface area contributed by atoms with Gasteiger partial charge in [-0.05, 0) is 47.2 Å². The van der Waals surface area contributed by atoms with Gasteiger partial charge >= 0.3 is 5.97 Å². The molecule has 0 N–H and O–H groups in total. The molecule has 0 fully saturated rings.